The molecule has 0 aromatic rings. The van der Waals surface area contributed by atoms with Crippen molar-refractivity contribution in [1.82, 2.24) is 5.32 Å². The SMILES string of the molecule is CC=C(C(=O)OC1CC2C(O)C3C(=O)CC(CO)OC3C(C(C3CCNC(N)C3)C(CO)C3CCCC(O)C3)C2OC1(C)CCC1CCC(N)[NH2+]C1)C1CCCC1. The molecule has 3 saturated carbocycles. The van der Waals surface area contributed by atoms with Crippen LogP contribution in [-0.2, 0) is 23.8 Å². The van der Waals surface area contributed by atoms with Crippen LogP contribution < -0.4 is 22.1 Å². The Labute approximate surface area is 339 Å². The highest BCUT2D eigenvalue weighted by molar-refractivity contribution is 5.89. The van der Waals surface area contributed by atoms with Gasteiger partial charge in [0.05, 0.1) is 55.8 Å². The number of piperidine rings is 2. The number of Topliss-reactive ketones (excluding diaryl/α,β-unsaturated/α-hetero) is 1. The summed E-state index contributed by atoms with van der Waals surface area (Å²) in [5.41, 5.74) is 12.7. The number of esters is 1. The lowest BCUT2D eigenvalue weighted by Crippen LogP contribution is -2.95. The third kappa shape index (κ3) is 9.38. The molecule has 7 rings (SSSR count). The molecule has 57 heavy (non-hydrogen) atoms. The molecule has 0 radical (unpaired) electrons. The second-order valence-corrected chi connectivity index (χ2v) is 19.6. The van der Waals surface area contributed by atoms with Crippen molar-refractivity contribution in [2.24, 2.45) is 64.7 Å². The molecule has 13 nitrogen and oxygen atoms in total. The summed E-state index contributed by atoms with van der Waals surface area (Å²) in [5.74, 6) is -2.07. The average molecular weight is 804 g/mol. The summed E-state index contributed by atoms with van der Waals surface area (Å²) in [6, 6.07) is 0. The summed E-state index contributed by atoms with van der Waals surface area (Å²) in [4.78, 5) is 28.4. The Kier molecular flexibility index (Phi) is 14.5. The molecular weight excluding hydrogens is 729 g/mol. The number of quaternary nitrogens is 1. The monoisotopic (exact) mass is 804 g/mol. The molecule has 4 saturated heterocycles. The maximum absolute atomic E-state index is 14.2. The molecule has 7 fully saturated rings. The van der Waals surface area contributed by atoms with E-state index in [0.717, 1.165) is 77.2 Å². The molecule has 17 atom stereocenters. The second-order valence-electron chi connectivity index (χ2n) is 19.6. The molecule has 13 heteroatoms. The van der Waals surface area contributed by atoms with E-state index < -0.39 is 60.0 Å². The molecule has 7 aliphatic rings. The largest absolute Gasteiger partial charge is 0.456 e. The maximum Gasteiger partial charge on any atom is 0.334 e. The minimum absolute atomic E-state index is 0.00502. The maximum atomic E-state index is 14.2. The van der Waals surface area contributed by atoms with E-state index in [0.29, 0.717) is 43.7 Å². The number of nitrogens with two attached hydrogens (primary N) is 3. The van der Waals surface area contributed by atoms with Crippen molar-refractivity contribution in [3.63, 3.8) is 0 Å². The van der Waals surface area contributed by atoms with Crippen molar-refractivity contribution >= 4 is 11.8 Å². The van der Waals surface area contributed by atoms with Gasteiger partial charge < -0.3 is 51.0 Å². The first-order chi connectivity index (χ1) is 27.4. The molecule has 0 aromatic heterocycles. The first-order valence-electron chi connectivity index (χ1n) is 22.8. The van der Waals surface area contributed by atoms with Gasteiger partial charge in [-0.1, -0.05) is 25.3 Å². The molecule has 0 aromatic carbocycles. The summed E-state index contributed by atoms with van der Waals surface area (Å²) >= 11 is 0. The average Bonchev–Trinajstić information content (AvgIpc) is 3.73. The van der Waals surface area contributed by atoms with Crippen molar-refractivity contribution < 1.29 is 49.5 Å². The minimum Gasteiger partial charge on any atom is -0.456 e. The van der Waals surface area contributed by atoms with Crippen LogP contribution in [0.2, 0.25) is 0 Å². The third-order valence-electron chi connectivity index (χ3n) is 16.1. The lowest BCUT2D eigenvalue weighted by atomic mass is 9.53. The van der Waals surface area contributed by atoms with Gasteiger partial charge in [0.15, 0.2) is 0 Å². The van der Waals surface area contributed by atoms with Gasteiger partial charge in [-0.2, -0.15) is 0 Å². The number of ketones is 1. The van der Waals surface area contributed by atoms with E-state index in [1.807, 2.05) is 13.0 Å². The number of rotatable bonds is 12. The highest BCUT2D eigenvalue weighted by atomic mass is 16.6. The van der Waals surface area contributed by atoms with Gasteiger partial charge in [0, 0.05) is 42.8 Å². The van der Waals surface area contributed by atoms with Crippen molar-refractivity contribution in [2.75, 3.05) is 26.3 Å². The normalized spacial score (nSPS) is 44.5. The fourth-order valence-electron chi connectivity index (χ4n) is 13.0. The van der Waals surface area contributed by atoms with Gasteiger partial charge in [-0.05, 0) is 121 Å². The molecule has 3 aliphatic carbocycles. The Balaban J connectivity index is 1.29. The van der Waals surface area contributed by atoms with Crippen LogP contribution in [0, 0.1) is 53.3 Å². The van der Waals surface area contributed by atoms with Crippen LogP contribution in [0.5, 0.6) is 0 Å². The fourth-order valence-corrected chi connectivity index (χ4v) is 13.0. The number of fused-ring (bicyclic) bond motifs is 2. The molecule has 324 valence electrons. The first-order valence-corrected chi connectivity index (χ1v) is 22.8. The Morgan fingerprint density at radius 3 is 2.47 bits per heavy atom. The Hall–Kier alpha value is -1.52. The highest BCUT2D eigenvalue weighted by Crippen LogP contribution is 2.56. The van der Waals surface area contributed by atoms with Crippen LogP contribution in [0.25, 0.3) is 0 Å². The fraction of sp³-hybridized carbons (Fsp3) is 0.909. The standard InChI is InChI=1S/C44H74N4O9/c1-3-30(25-7-4-5-8-25)43(54)56-34-20-31-40(53)38-33(52)19-29(22-49)55-42(38)39(41(31)57-44(34,2)15-13-24-11-12-35(45)48-21-24)37(27-14-16-47-36(46)18-27)32(23-50)26-9-6-10-28(51)17-26/h3,24-29,31-32,34-42,47-51,53H,4-23,45-46H2,1-2H3/p+1. The number of aliphatic hydroxyl groups excluding tert-OH is 4. The van der Waals surface area contributed by atoms with E-state index in [-0.39, 0.29) is 73.3 Å². The number of nitrogens with one attached hydrogen (secondary N) is 1. The molecule has 4 aliphatic heterocycles. The van der Waals surface area contributed by atoms with E-state index in [9.17, 15) is 30.0 Å². The quantitative estimate of drug-likeness (QED) is 0.104. The molecular formula is C44H75N4O9+. The number of allylic oxidation sites excluding steroid dienone is 1. The highest BCUT2D eigenvalue weighted by Gasteiger charge is 2.64. The number of hydrogen-bond donors (Lipinski definition) is 8. The molecule has 11 N–H and O–H groups in total. The topological polar surface area (TPSA) is 223 Å². The van der Waals surface area contributed by atoms with Gasteiger partial charge in [-0.3, -0.25) is 10.5 Å². The van der Waals surface area contributed by atoms with Crippen LogP contribution in [0.15, 0.2) is 11.6 Å². The van der Waals surface area contributed by atoms with Gasteiger partial charge in [0.2, 0.25) is 0 Å². The van der Waals surface area contributed by atoms with Crippen molar-refractivity contribution in [3.8, 4) is 0 Å². The van der Waals surface area contributed by atoms with Crippen LogP contribution in [0.1, 0.15) is 117 Å². The summed E-state index contributed by atoms with van der Waals surface area (Å²) < 4.78 is 20.9. The molecule has 17 unspecified atom stereocenters. The number of carbonyl (C=O) groups excluding carboxylic acids is 2. The Morgan fingerprint density at radius 1 is 1.02 bits per heavy atom. The molecule has 0 bridgehead atoms. The van der Waals surface area contributed by atoms with Crippen molar-refractivity contribution in [3.05, 3.63) is 11.6 Å². The minimum atomic E-state index is -1.11. The molecule has 4 heterocycles. The van der Waals surface area contributed by atoms with Crippen LogP contribution >= 0.6 is 0 Å². The zero-order valence-electron chi connectivity index (χ0n) is 34.6. The van der Waals surface area contributed by atoms with Crippen LogP contribution in [0.4, 0.5) is 0 Å². The Bertz CT molecular complexity index is 1390. The number of ether oxygens (including phenoxy) is 3. The predicted octanol–water partition coefficient (Wildman–Crippen LogP) is 1.62. The van der Waals surface area contributed by atoms with E-state index in [2.05, 4.69) is 17.6 Å². The summed E-state index contributed by atoms with van der Waals surface area (Å²) in [6.07, 6.45) is 9.89. The van der Waals surface area contributed by atoms with Gasteiger partial charge in [0.1, 0.15) is 23.7 Å². The lowest BCUT2D eigenvalue weighted by Gasteiger charge is -2.61. The zero-order chi connectivity index (χ0) is 40.4. The van der Waals surface area contributed by atoms with Gasteiger partial charge in [-0.25, -0.2) is 4.79 Å². The van der Waals surface area contributed by atoms with Crippen LogP contribution in [0.3, 0.4) is 0 Å². The lowest BCUT2D eigenvalue weighted by molar-refractivity contribution is -0.703. The van der Waals surface area contributed by atoms with E-state index in [4.69, 9.17) is 25.7 Å². The summed E-state index contributed by atoms with van der Waals surface area (Å²) in [5, 5.41) is 50.9. The third-order valence-corrected chi connectivity index (χ3v) is 16.1. The molecule has 0 spiro atoms. The van der Waals surface area contributed by atoms with Crippen molar-refractivity contribution in [1.29, 1.82) is 0 Å². The zero-order valence-corrected chi connectivity index (χ0v) is 34.6. The Morgan fingerprint density at radius 2 is 1.81 bits per heavy atom. The predicted molar refractivity (Wildman–Crippen MR) is 213 cm³/mol. The van der Waals surface area contributed by atoms with E-state index in [1.54, 1.807) is 0 Å². The van der Waals surface area contributed by atoms with Gasteiger partial charge >= 0.3 is 5.97 Å². The van der Waals surface area contributed by atoms with E-state index in [1.165, 1.54) is 0 Å². The molecule has 0 amide bonds. The van der Waals surface area contributed by atoms with Gasteiger partial charge in [-0.15, -0.1) is 0 Å². The smallest absolute Gasteiger partial charge is 0.334 e. The van der Waals surface area contributed by atoms with Crippen molar-refractivity contribution in [2.45, 2.75) is 171 Å². The second kappa shape index (κ2) is 19.0. The number of hydrogen-bond acceptors (Lipinski definition) is 12. The first kappa shape index (κ1) is 43.6. The number of aliphatic hydroxyl groups is 4. The summed E-state index contributed by atoms with van der Waals surface area (Å²) in [6.45, 7) is 5.19. The number of carbonyl (C=O) groups is 2. The van der Waals surface area contributed by atoms with Gasteiger partial charge in [0.25, 0.3) is 0 Å². The summed E-state index contributed by atoms with van der Waals surface area (Å²) in [7, 11) is 0. The van der Waals surface area contributed by atoms with Crippen LogP contribution in [-0.4, -0.2) is 113 Å². The van der Waals surface area contributed by atoms with E-state index >= 15 is 0 Å².